The van der Waals surface area contributed by atoms with Crippen LogP contribution in [0.15, 0.2) is 36.4 Å². The molecule has 0 aliphatic carbocycles. The van der Waals surface area contributed by atoms with Gasteiger partial charge in [-0.3, -0.25) is 0 Å². The molecule has 2 aromatic carbocycles. The maximum Gasteiger partial charge on any atom is 0.0621 e. The van der Waals surface area contributed by atoms with Crippen LogP contribution < -0.4 is 0 Å². The number of halogens is 1. The third-order valence-corrected chi connectivity index (χ3v) is 4.06. The zero-order valence-corrected chi connectivity index (χ0v) is 13.0. The second-order valence-corrected chi connectivity index (χ2v) is 5.98. The Bertz CT molecular complexity index is 604. The summed E-state index contributed by atoms with van der Waals surface area (Å²) in [5.74, 6) is 0. The predicted molar refractivity (Wildman–Crippen MR) is 85.5 cm³/mol. The third-order valence-electron chi connectivity index (χ3n) is 3.71. The molecule has 0 amide bonds. The minimum atomic E-state index is -0.405. The molecule has 0 saturated heterocycles. The molecule has 0 heterocycles. The number of benzene rings is 2. The van der Waals surface area contributed by atoms with Crippen LogP contribution in [0.25, 0.3) is 0 Å². The Balaban J connectivity index is 2.04. The van der Waals surface area contributed by atoms with Crippen molar-refractivity contribution in [2.75, 3.05) is 0 Å². The van der Waals surface area contributed by atoms with Crippen molar-refractivity contribution in [3.8, 4) is 0 Å². The Hall–Kier alpha value is -1.31. The molecule has 0 aliphatic heterocycles. The van der Waals surface area contributed by atoms with Crippen LogP contribution in [-0.2, 0) is 12.8 Å². The lowest BCUT2D eigenvalue weighted by atomic mass is 9.98. The summed E-state index contributed by atoms with van der Waals surface area (Å²) in [5.41, 5.74) is 5.87. The summed E-state index contributed by atoms with van der Waals surface area (Å²) >= 11 is 6.21. The number of hydrogen-bond donors (Lipinski definition) is 1. The van der Waals surface area contributed by atoms with Crippen LogP contribution in [-0.4, -0.2) is 11.2 Å². The topological polar surface area (TPSA) is 20.2 Å². The number of hydrogen-bond acceptors (Lipinski definition) is 1. The first-order chi connectivity index (χ1) is 9.45. The molecular formula is C18H21ClO. The normalized spacial score (nSPS) is 12.4. The van der Waals surface area contributed by atoms with Gasteiger partial charge in [-0.2, -0.15) is 0 Å². The molecule has 1 N–H and O–H groups in total. The smallest absolute Gasteiger partial charge is 0.0621 e. The van der Waals surface area contributed by atoms with Crippen LogP contribution in [0.4, 0.5) is 0 Å². The van der Waals surface area contributed by atoms with Crippen LogP contribution in [0.5, 0.6) is 0 Å². The predicted octanol–water partition coefficient (Wildman–Crippen LogP) is 4.41. The van der Waals surface area contributed by atoms with Crippen molar-refractivity contribution in [3.05, 3.63) is 69.2 Å². The van der Waals surface area contributed by atoms with Crippen molar-refractivity contribution < 1.29 is 5.11 Å². The van der Waals surface area contributed by atoms with Crippen LogP contribution in [0.1, 0.15) is 27.8 Å². The summed E-state index contributed by atoms with van der Waals surface area (Å²) in [6, 6.07) is 12.3. The van der Waals surface area contributed by atoms with E-state index in [9.17, 15) is 5.11 Å². The number of rotatable bonds is 4. The molecule has 1 atom stereocenters. The molecule has 2 aromatic rings. The van der Waals surface area contributed by atoms with E-state index in [0.29, 0.717) is 12.8 Å². The van der Waals surface area contributed by atoms with Gasteiger partial charge in [-0.15, -0.1) is 0 Å². The highest BCUT2D eigenvalue weighted by Gasteiger charge is 2.10. The molecule has 0 spiro atoms. The number of aliphatic hydroxyl groups excluding tert-OH is 1. The van der Waals surface area contributed by atoms with E-state index in [1.54, 1.807) is 0 Å². The van der Waals surface area contributed by atoms with Gasteiger partial charge < -0.3 is 5.11 Å². The first kappa shape index (κ1) is 15.1. The monoisotopic (exact) mass is 288 g/mol. The molecule has 0 fully saturated rings. The van der Waals surface area contributed by atoms with Gasteiger partial charge in [0.2, 0.25) is 0 Å². The quantitative estimate of drug-likeness (QED) is 0.883. The second kappa shape index (κ2) is 6.43. The van der Waals surface area contributed by atoms with Crippen molar-refractivity contribution in [2.24, 2.45) is 0 Å². The standard InChI is InChI=1S/C18H21ClO/c1-12-4-7-16(18(19)8-12)11-17(20)10-15-6-5-13(2)14(3)9-15/h4-9,17,20H,10-11H2,1-3H3. The molecular weight excluding hydrogens is 268 g/mol. The fraction of sp³-hybridized carbons (Fsp3) is 0.333. The molecule has 0 aromatic heterocycles. The zero-order chi connectivity index (χ0) is 14.7. The Kier molecular flexibility index (Phi) is 4.85. The molecule has 0 radical (unpaired) electrons. The first-order valence-corrected chi connectivity index (χ1v) is 7.32. The molecule has 20 heavy (non-hydrogen) atoms. The van der Waals surface area contributed by atoms with Crippen LogP contribution in [0, 0.1) is 20.8 Å². The molecule has 0 bridgehead atoms. The van der Waals surface area contributed by atoms with Crippen molar-refractivity contribution in [1.29, 1.82) is 0 Å². The number of aryl methyl sites for hydroxylation is 3. The molecule has 0 aliphatic rings. The molecule has 0 saturated carbocycles. The van der Waals surface area contributed by atoms with Crippen molar-refractivity contribution in [3.63, 3.8) is 0 Å². The lowest BCUT2D eigenvalue weighted by Crippen LogP contribution is -2.14. The van der Waals surface area contributed by atoms with Gasteiger partial charge in [-0.05, 0) is 61.1 Å². The van der Waals surface area contributed by atoms with Gasteiger partial charge >= 0.3 is 0 Å². The lowest BCUT2D eigenvalue weighted by Gasteiger charge is -2.13. The van der Waals surface area contributed by atoms with E-state index in [4.69, 9.17) is 11.6 Å². The summed E-state index contributed by atoms with van der Waals surface area (Å²) in [6.07, 6.45) is 0.842. The van der Waals surface area contributed by atoms with E-state index >= 15 is 0 Å². The summed E-state index contributed by atoms with van der Waals surface area (Å²) < 4.78 is 0. The highest BCUT2D eigenvalue weighted by Crippen LogP contribution is 2.20. The summed E-state index contributed by atoms with van der Waals surface area (Å²) in [7, 11) is 0. The molecule has 2 rings (SSSR count). The summed E-state index contributed by atoms with van der Waals surface area (Å²) in [4.78, 5) is 0. The summed E-state index contributed by atoms with van der Waals surface area (Å²) in [5, 5.41) is 11.0. The first-order valence-electron chi connectivity index (χ1n) is 6.95. The highest BCUT2D eigenvalue weighted by atomic mass is 35.5. The van der Waals surface area contributed by atoms with Gasteiger partial charge in [0.05, 0.1) is 6.10 Å². The van der Waals surface area contributed by atoms with E-state index in [2.05, 4.69) is 32.0 Å². The van der Waals surface area contributed by atoms with E-state index in [0.717, 1.165) is 16.1 Å². The minimum Gasteiger partial charge on any atom is -0.392 e. The van der Waals surface area contributed by atoms with Gasteiger partial charge in [0.25, 0.3) is 0 Å². The van der Waals surface area contributed by atoms with Crippen LogP contribution in [0.2, 0.25) is 5.02 Å². The Morgan fingerprint density at radius 2 is 1.70 bits per heavy atom. The van der Waals surface area contributed by atoms with Crippen molar-refractivity contribution >= 4 is 11.6 Å². The minimum absolute atomic E-state index is 0.405. The Morgan fingerprint density at radius 1 is 0.950 bits per heavy atom. The Morgan fingerprint density at radius 3 is 2.35 bits per heavy atom. The Labute approximate surface area is 126 Å². The lowest BCUT2D eigenvalue weighted by molar-refractivity contribution is 0.175. The fourth-order valence-corrected chi connectivity index (χ4v) is 2.66. The van der Waals surface area contributed by atoms with Gasteiger partial charge in [0.1, 0.15) is 0 Å². The zero-order valence-electron chi connectivity index (χ0n) is 12.3. The van der Waals surface area contributed by atoms with Crippen molar-refractivity contribution in [1.82, 2.24) is 0 Å². The van der Waals surface area contributed by atoms with Crippen molar-refractivity contribution in [2.45, 2.75) is 39.7 Å². The SMILES string of the molecule is Cc1ccc(CC(O)Cc2ccc(C)c(C)c2)c(Cl)c1. The average Bonchev–Trinajstić information content (AvgIpc) is 2.37. The average molecular weight is 289 g/mol. The molecule has 1 nitrogen and oxygen atoms in total. The number of aliphatic hydroxyl groups is 1. The molecule has 106 valence electrons. The maximum atomic E-state index is 10.3. The molecule has 2 heteroatoms. The third kappa shape index (κ3) is 3.84. The van der Waals surface area contributed by atoms with Gasteiger partial charge in [0, 0.05) is 11.4 Å². The second-order valence-electron chi connectivity index (χ2n) is 5.58. The van der Waals surface area contributed by atoms with E-state index in [1.807, 2.05) is 25.1 Å². The van der Waals surface area contributed by atoms with Gasteiger partial charge in [-0.25, -0.2) is 0 Å². The maximum absolute atomic E-state index is 10.3. The van der Waals surface area contributed by atoms with Gasteiger partial charge in [-0.1, -0.05) is 41.9 Å². The largest absolute Gasteiger partial charge is 0.392 e. The van der Waals surface area contributed by atoms with E-state index < -0.39 is 6.10 Å². The van der Waals surface area contributed by atoms with E-state index in [-0.39, 0.29) is 0 Å². The fourth-order valence-electron chi connectivity index (χ4n) is 2.35. The van der Waals surface area contributed by atoms with Gasteiger partial charge in [0.15, 0.2) is 0 Å². The van der Waals surface area contributed by atoms with Crippen LogP contribution in [0.3, 0.4) is 0 Å². The highest BCUT2D eigenvalue weighted by molar-refractivity contribution is 6.31. The van der Waals surface area contributed by atoms with Crippen LogP contribution >= 0.6 is 11.6 Å². The van der Waals surface area contributed by atoms with E-state index in [1.165, 1.54) is 16.7 Å². The summed E-state index contributed by atoms with van der Waals surface area (Å²) in [6.45, 7) is 6.21. The molecule has 1 unspecified atom stereocenters.